The summed E-state index contributed by atoms with van der Waals surface area (Å²) in [6, 6.07) is 25.4. The first kappa shape index (κ1) is 26.3. The van der Waals surface area contributed by atoms with E-state index in [1.54, 1.807) is 14.2 Å². The third-order valence-electron chi connectivity index (χ3n) is 6.92. The highest BCUT2D eigenvalue weighted by molar-refractivity contribution is 5.67. The van der Waals surface area contributed by atoms with Crippen molar-refractivity contribution in [2.45, 2.75) is 63.7 Å². The van der Waals surface area contributed by atoms with E-state index in [0.29, 0.717) is 18.3 Å². The summed E-state index contributed by atoms with van der Waals surface area (Å²) in [7, 11) is 3.41. The molecule has 35 heavy (non-hydrogen) atoms. The van der Waals surface area contributed by atoms with Crippen molar-refractivity contribution in [3.8, 4) is 11.5 Å². The van der Waals surface area contributed by atoms with E-state index in [1.165, 1.54) is 29.5 Å². The van der Waals surface area contributed by atoms with Gasteiger partial charge in [0.05, 0.1) is 14.2 Å². The summed E-state index contributed by atoms with van der Waals surface area (Å²) >= 11 is 0. The van der Waals surface area contributed by atoms with E-state index in [4.69, 9.17) is 14.6 Å². The molecule has 0 bridgehead atoms. The Morgan fingerprint density at radius 3 is 1.74 bits per heavy atom. The Bertz CT molecular complexity index is 1020. The SMILES string of the molecule is COc1ccc(C(C)C(CCCCCc2ccc(CCC(=O)O)cc2)c2ccc(OC)cc2)cc1. The molecule has 0 fully saturated rings. The van der Waals surface area contributed by atoms with Crippen LogP contribution in [0.3, 0.4) is 0 Å². The molecule has 0 aliphatic heterocycles. The van der Waals surface area contributed by atoms with E-state index < -0.39 is 5.97 Å². The van der Waals surface area contributed by atoms with Crippen LogP contribution in [0.4, 0.5) is 0 Å². The van der Waals surface area contributed by atoms with Gasteiger partial charge < -0.3 is 14.6 Å². The summed E-state index contributed by atoms with van der Waals surface area (Å²) in [4.78, 5) is 10.7. The number of rotatable bonds is 14. The van der Waals surface area contributed by atoms with Crippen molar-refractivity contribution in [3.63, 3.8) is 0 Å². The van der Waals surface area contributed by atoms with Crippen molar-refractivity contribution < 1.29 is 19.4 Å². The van der Waals surface area contributed by atoms with E-state index >= 15 is 0 Å². The Labute approximate surface area is 209 Å². The number of unbranched alkanes of at least 4 members (excludes halogenated alkanes) is 2. The minimum absolute atomic E-state index is 0.184. The summed E-state index contributed by atoms with van der Waals surface area (Å²) in [6.07, 6.45) is 6.48. The minimum Gasteiger partial charge on any atom is -0.497 e. The van der Waals surface area contributed by atoms with Crippen LogP contribution >= 0.6 is 0 Å². The van der Waals surface area contributed by atoms with E-state index in [-0.39, 0.29) is 6.42 Å². The van der Waals surface area contributed by atoms with Gasteiger partial charge >= 0.3 is 5.97 Å². The van der Waals surface area contributed by atoms with Crippen LogP contribution in [0.1, 0.15) is 73.1 Å². The van der Waals surface area contributed by atoms with Crippen LogP contribution in [0.15, 0.2) is 72.8 Å². The third kappa shape index (κ3) is 8.17. The van der Waals surface area contributed by atoms with Crippen molar-refractivity contribution in [1.29, 1.82) is 0 Å². The van der Waals surface area contributed by atoms with Crippen LogP contribution in [0.25, 0.3) is 0 Å². The van der Waals surface area contributed by atoms with Gasteiger partial charge in [-0.2, -0.15) is 0 Å². The molecule has 0 aliphatic carbocycles. The first-order valence-corrected chi connectivity index (χ1v) is 12.6. The second-order valence-corrected chi connectivity index (χ2v) is 9.25. The van der Waals surface area contributed by atoms with Crippen molar-refractivity contribution in [1.82, 2.24) is 0 Å². The highest BCUT2D eigenvalue weighted by Gasteiger charge is 2.21. The Balaban J connectivity index is 1.56. The van der Waals surface area contributed by atoms with Gasteiger partial charge in [-0.25, -0.2) is 0 Å². The van der Waals surface area contributed by atoms with Crippen molar-refractivity contribution in [3.05, 3.63) is 95.1 Å². The fourth-order valence-electron chi connectivity index (χ4n) is 4.69. The molecule has 0 heterocycles. The lowest BCUT2D eigenvalue weighted by Crippen LogP contribution is -2.09. The van der Waals surface area contributed by atoms with Gasteiger partial charge in [0.1, 0.15) is 11.5 Å². The molecule has 3 aromatic rings. The number of aliphatic carboxylic acids is 1. The number of carbonyl (C=O) groups is 1. The van der Waals surface area contributed by atoms with Gasteiger partial charge in [-0.1, -0.05) is 68.3 Å². The molecule has 3 aromatic carbocycles. The molecule has 2 unspecified atom stereocenters. The summed E-state index contributed by atoms with van der Waals surface area (Å²) in [5.41, 5.74) is 5.09. The second kappa shape index (κ2) is 13.6. The molecule has 1 N–H and O–H groups in total. The highest BCUT2D eigenvalue weighted by atomic mass is 16.5. The zero-order valence-electron chi connectivity index (χ0n) is 21.2. The molecule has 0 aliphatic rings. The number of ether oxygens (including phenoxy) is 2. The first-order chi connectivity index (χ1) is 17.0. The summed E-state index contributed by atoms with van der Waals surface area (Å²) < 4.78 is 10.7. The third-order valence-corrected chi connectivity index (χ3v) is 6.92. The number of aryl methyl sites for hydroxylation is 2. The Morgan fingerprint density at radius 1 is 0.714 bits per heavy atom. The standard InChI is InChI=1S/C31H38O4/c1-23(26-14-18-28(34-2)19-15-26)30(27-16-20-29(35-3)21-17-27)8-6-4-5-7-24-9-11-25(12-10-24)13-22-31(32)33/h9-12,14-21,23,30H,4-8,13,22H2,1-3H3,(H,32,33). The van der Waals surface area contributed by atoms with Gasteiger partial charge in [0, 0.05) is 6.42 Å². The molecule has 2 atom stereocenters. The lowest BCUT2D eigenvalue weighted by Gasteiger charge is -2.25. The molecular weight excluding hydrogens is 436 g/mol. The molecule has 0 aromatic heterocycles. The average molecular weight is 475 g/mol. The molecule has 4 nitrogen and oxygen atoms in total. The van der Waals surface area contributed by atoms with Crippen LogP contribution in [-0.2, 0) is 17.6 Å². The number of carboxylic acids is 1. The summed E-state index contributed by atoms with van der Waals surface area (Å²) in [5, 5.41) is 8.84. The lowest BCUT2D eigenvalue weighted by atomic mass is 9.79. The minimum atomic E-state index is -0.747. The van der Waals surface area contributed by atoms with Crippen molar-refractivity contribution >= 4 is 5.97 Å². The quantitative estimate of drug-likeness (QED) is 0.247. The Hall–Kier alpha value is -3.27. The van der Waals surface area contributed by atoms with Crippen LogP contribution in [0.2, 0.25) is 0 Å². The maximum atomic E-state index is 10.7. The Morgan fingerprint density at radius 2 is 1.23 bits per heavy atom. The topological polar surface area (TPSA) is 55.8 Å². The summed E-state index contributed by atoms with van der Waals surface area (Å²) in [5.74, 6) is 1.86. The summed E-state index contributed by atoms with van der Waals surface area (Å²) in [6.45, 7) is 2.32. The fraction of sp³-hybridized carbons (Fsp3) is 0.387. The predicted octanol–water partition coefficient (Wildman–Crippen LogP) is 7.41. The fourth-order valence-corrected chi connectivity index (χ4v) is 4.69. The van der Waals surface area contributed by atoms with Crippen LogP contribution < -0.4 is 9.47 Å². The molecule has 3 rings (SSSR count). The molecule has 0 saturated carbocycles. The lowest BCUT2D eigenvalue weighted by molar-refractivity contribution is -0.136. The average Bonchev–Trinajstić information content (AvgIpc) is 2.90. The molecule has 0 spiro atoms. The van der Waals surface area contributed by atoms with Gasteiger partial charge in [-0.3, -0.25) is 4.79 Å². The van der Waals surface area contributed by atoms with Gasteiger partial charge in [0.25, 0.3) is 0 Å². The van der Waals surface area contributed by atoms with Crippen LogP contribution in [0, 0.1) is 0 Å². The van der Waals surface area contributed by atoms with Gasteiger partial charge in [0.2, 0.25) is 0 Å². The molecule has 0 saturated heterocycles. The van der Waals surface area contributed by atoms with E-state index in [9.17, 15) is 4.79 Å². The highest BCUT2D eigenvalue weighted by Crippen LogP contribution is 2.38. The normalized spacial score (nSPS) is 12.7. The molecule has 0 amide bonds. The van der Waals surface area contributed by atoms with E-state index in [0.717, 1.165) is 36.3 Å². The van der Waals surface area contributed by atoms with Crippen molar-refractivity contribution in [2.24, 2.45) is 0 Å². The van der Waals surface area contributed by atoms with Crippen LogP contribution in [-0.4, -0.2) is 25.3 Å². The van der Waals surface area contributed by atoms with Crippen molar-refractivity contribution in [2.75, 3.05) is 14.2 Å². The predicted molar refractivity (Wildman–Crippen MR) is 142 cm³/mol. The van der Waals surface area contributed by atoms with E-state index in [1.807, 2.05) is 12.1 Å². The zero-order valence-corrected chi connectivity index (χ0v) is 21.2. The number of methoxy groups -OCH3 is 2. The van der Waals surface area contributed by atoms with Gasteiger partial charge in [-0.05, 0) is 84.0 Å². The van der Waals surface area contributed by atoms with E-state index in [2.05, 4.69) is 67.6 Å². The zero-order chi connectivity index (χ0) is 25.0. The largest absolute Gasteiger partial charge is 0.497 e. The monoisotopic (exact) mass is 474 g/mol. The Kier molecular flexibility index (Phi) is 10.2. The smallest absolute Gasteiger partial charge is 0.303 e. The maximum absolute atomic E-state index is 10.7. The van der Waals surface area contributed by atoms with Gasteiger partial charge in [0.15, 0.2) is 0 Å². The first-order valence-electron chi connectivity index (χ1n) is 12.6. The number of benzene rings is 3. The second-order valence-electron chi connectivity index (χ2n) is 9.25. The molecule has 0 radical (unpaired) electrons. The number of carboxylic acid groups (broad SMARTS) is 1. The van der Waals surface area contributed by atoms with Gasteiger partial charge in [-0.15, -0.1) is 0 Å². The maximum Gasteiger partial charge on any atom is 0.303 e. The molecule has 186 valence electrons. The molecule has 4 heteroatoms. The molecular formula is C31H38O4. The number of hydrogen-bond donors (Lipinski definition) is 1. The number of hydrogen-bond acceptors (Lipinski definition) is 3. The van der Waals surface area contributed by atoms with Crippen LogP contribution in [0.5, 0.6) is 11.5 Å².